The third-order valence-corrected chi connectivity index (χ3v) is 2.54. The Labute approximate surface area is 81.1 Å². The lowest BCUT2D eigenvalue weighted by Crippen LogP contribution is -2.45. The molecule has 3 heteroatoms. The maximum Gasteiger partial charge on any atom is 0.236 e. The number of amides is 1. The summed E-state index contributed by atoms with van der Waals surface area (Å²) >= 11 is 0. The van der Waals surface area contributed by atoms with Gasteiger partial charge in [-0.25, -0.2) is 0 Å². The number of nitrogens with two attached hydrogens (primary N) is 1. The second-order valence-electron chi connectivity index (χ2n) is 3.66. The number of carbonyl (C=O) groups is 1. The first-order valence-electron chi connectivity index (χ1n) is 5.08. The predicted octanol–water partition coefficient (Wildman–Crippen LogP) is 1.27. The van der Waals surface area contributed by atoms with Gasteiger partial charge in [0.1, 0.15) is 0 Å². The fourth-order valence-electron chi connectivity index (χ4n) is 1.47. The number of rotatable bonds is 5. The van der Waals surface area contributed by atoms with Crippen LogP contribution in [-0.4, -0.2) is 18.0 Å². The molecular weight excluding hydrogens is 164 g/mol. The molecule has 3 nitrogen and oxygen atoms in total. The first-order chi connectivity index (χ1) is 6.02. The highest BCUT2D eigenvalue weighted by Gasteiger charge is 2.17. The van der Waals surface area contributed by atoms with Crippen LogP contribution >= 0.6 is 0 Å². The third kappa shape index (κ3) is 4.27. The van der Waals surface area contributed by atoms with Crippen LogP contribution in [0.3, 0.4) is 0 Å². The van der Waals surface area contributed by atoms with E-state index in [1.807, 2.05) is 6.92 Å². The highest BCUT2D eigenvalue weighted by molar-refractivity contribution is 5.81. The summed E-state index contributed by atoms with van der Waals surface area (Å²) in [6, 6.07) is -0.176. The smallest absolute Gasteiger partial charge is 0.236 e. The SMILES string of the molecule is CCC(CC)C(C)NC(=O)[C@@H](C)N. The van der Waals surface area contributed by atoms with Crippen LogP contribution in [0.5, 0.6) is 0 Å². The lowest BCUT2D eigenvalue weighted by molar-refractivity contribution is -0.122. The van der Waals surface area contributed by atoms with Crippen LogP contribution in [0.15, 0.2) is 0 Å². The monoisotopic (exact) mass is 186 g/mol. The molecule has 0 heterocycles. The minimum absolute atomic E-state index is 0.0561. The lowest BCUT2D eigenvalue weighted by atomic mass is 9.95. The van der Waals surface area contributed by atoms with E-state index in [-0.39, 0.29) is 11.9 Å². The van der Waals surface area contributed by atoms with E-state index >= 15 is 0 Å². The Morgan fingerprint density at radius 3 is 2.08 bits per heavy atom. The summed E-state index contributed by atoms with van der Waals surface area (Å²) in [5.74, 6) is 0.502. The van der Waals surface area contributed by atoms with Gasteiger partial charge in [-0.15, -0.1) is 0 Å². The van der Waals surface area contributed by atoms with E-state index in [2.05, 4.69) is 19.2 Å². The molecule has 0 fully saturated rings. The zero-order valence-corrected chi connectivity index (χ0v) is 9.13. The molecule has 0 aromatic heterocycles. The zero-order valence-electron chi connectivity index (χ0n) is 9.13. The van der Waals surface area contributed by atoms with Crippen molar-refractivity contribution in [1.82, 2.24) is 5.32 Å². The summed E-state index contributed by atoms with van der Waals surface area (Å²) in [7, 11) is 0. The van der Waals surface area contributed by atoms with Crippen LogP contribution in [0.4, 0.5) is 0 Å². The van der Waals surface area contributed by atoms with Crippen LogP contribution < -0.4 is 11.1 Å². The minimum atomic E-state index is -0.406. The fourth-order valence-corrected chi connectivity index (χ4v) is 1.47. The first kappa shape index (κ1) is 12.4. The van der Waals surface area contributed by atoms with Crippen molar-refractivity contribution in [2.75, 3.05) is 0 Å². The van der Waals surface area contributed by atoms with Gasteiger partial charge in [-0.3, -0.25) is 4.79 Å². The van der Waals surface area contributed by atoms with Crippen LogP contribution in [0.25, 0.3) is 0 Å². The maximum atomic E-state index is 11.3. The Balaban J connectivity index is 3.97. The molecule has 0 rings (SSSR count). The highest BCUT2D eigenvalue weighted by Crippen LogP contribution is 2.12. The molecule has 1 amide bonds. The van der Waals surface area contributed by atoms with Gasteiger partial charge in [-0.2, -0.15) is 0 Å². The van der Waals surface area contributed by atoms with Crippen molar-refractivity contribution < 1.29 is 4.79 Å². The summed E-state index contributed by atoms with van der Waals surface area (Å²) in [5.41, 5.74) is 5.46. The molecule has 0 saturated carbocycles. The minimum Gasteiger partial charge on any atom is -0.352 e. The Bertz CT molecular complexity index is 153. The molecule has 0 aliphatic carbocycles. The number of nitrogens with one attached hydrogen (secondary N) is 1. The van der Waals surface area contributed by atoms with Gasteiger partial charge >= 0.3 is 0 Å². The van der Waals surface area contributed by atoms with Crippen molar-refractivity contribution in [3.63, 3.8) is 0 Å². The normalized spacial score (nSPS) is 15.5. The van der Waals surface area contributed by atoms with Crippen LogP contribution in [0.2, 0.25) is 0 Å². The second kappa shape index (κ2) is 5.97. The summed E-state index contributed by atoms with van der Waals surface area (Å²) in [5, 5.41) is 2.92. The average Bonchev–Trinajstić information content (AvgIpc) is 2.06. The average molecular weight is 186 g/mol. The Morgan fingerprint density at radius 2 is 1.77 bits per heavy atom. The molecule has 0 aliphatic heterocycles. The Hall–Kier alpha value is -0.570. The number of hydrogen-bond donors (Lipinski definition) is 2. The quantitative estimate of drug-likeness (QED) is 0.679. The molecule has 0 radical (unpaired) electrons. The van der Waals surface area contributed by atoms with E-state index in [1.54, 1.807) is 6.92 Å². The van der Waals surface area contributed by atoms with Gasteiger partial charge in [0.25, 0.3) is 0 Å². The number of carbonyl (C=O) groups excluding carboxylic acids is 1. The standard InChI is InChI=1S/C10H22N2O/c1-5-9(6-2)8(4)12-10(13)7(3)11/h7-9H,5-6,11H2,1-4H3,(H,12,13)/t7-,8?/m1/s1. The van der Waals surface area contributed by atoms with Crippen molar-refractivity contribution in [1.29, 1.82) is 0 Å². The van der Waals surface area contributed by atoms with E-state index in [0.717, 1.165) is 12.8 Å². The van der Waals surface area contributed by atoms with Gasteiger partial charge in [-0.05, 0) is 19.8 Å². The molecule has 3 N–H and O–H groups in total. The molecule has 0 aliphatic rings. The molecule has 0 bridgehead atoms. The highest BCUT2D eigenvalue weighted by atomic mass is 16.2. The Morgan fingerprint density at radius 1 is 1.31 bits per heavy atom. The van der Waals surface area contributed by atoms with E-state index in [1.165, 1.54) is 0 Å². The van der Waals surface area contributed by atoms with E-state index in [9.17, 15) is 4.79 Å². The van der Waals surface area contributed by atoms with Gasteiger partial charge in [-0.1, -0.05) is 26.7 Å². The number of hydrogen-bond acceptors (Lipinski definition) is 2. The van der Waals surface area contributed by atoms with Gasteiger partial charge in [0.2, 0.25) is 5.91 Å². The van der Waals surface area contributed by atoms with Crippen molar-refractivity contribution in [3.05, 3.63) is 0 Å². The van der Waals surface area contributed by atoms with Crippen LogP contribution in [-0.2, 0) is 4.79 Å². The molecule has 78 valence electrons. The van der Waals surface area contributed by atoms with Gasteiger partial charge < -0.3 is 11.1 Å². The first-order valence-corrected chi connectivity index (χ1v) is 5.08. The summed E-state index contributed by atoms with van der Waals surface area (Å²) in [6.45, 7) is 8.03. The fraction of sp³-hybridized carbons (Fsp3) is 0.900. The van der Waals surface area contributed by atoms with Crippen molar-refractivity contribution in [3.8, 4) is 0 Å². The van der Waals surface area contributed by atoms with E-state index in [4.69, 9.17) is 5.73 Å². The topological polar surface area (TPSA) is 55.1 Å². The molecule has 0 aromatic carbocycles. The summed E-state index contributed by atoms with van der Waals surface area (Å²) in [6.07, 6.45) is 2.19. The molecule has 13 heavy (non-hydrogen) atoms. The van der Waals surface area contributed by atoms with Crippen LogP contribution in [0.1, 0.15) is 40.5 Å². The van der Waals surface area contributed by atoms with Gasteiger partial charge in [0.05, 0.1) is 6.04 Å². The largest absolute Gasteiger partial charge is 0.352 e. The Kier molecular flexibility index (Phi) is 5.71. The van der Waals surface area contributed by atoms with Gasteiger partial charge in [0.15, 0.2) is 0 Å². The van der Waals surface area contributed by atoms with Crippen molar-refractivity contribution in [2.45, 2.75) is 52.6 Å². The molecule has 0 spiro atoms. The van der Waals surface area contributed by atoms with Crippen molar-refractivity contribution >= 4 is 5.91 Å². The molecule has 2 atom stereocenters. The lowest BCUT2D eigenvalue weighted by Gasteiger charge is -2.23. The summed E-state index contributed by atoms with van der Waals surface area (Å²) < 4.78 is 0. The molecular formula is C10H22N2O. The predicted molar refractivity (Wildman–Crippen MR) is 55.3 cm³/mol. The third-order valence-electron chi connectivity index (χ3n) is 2.54. The molecule has 0 aromatic rings. The summed E-state index contributed by atoms with van der Waals surface area (Å²) in [4.78, 5) is 11.3. The molecule has 0 saturated heterocycles. The maximum absolute atomic E-state index is 11.3. The van der Waals surface area contributed by atoms with Crippen LogP contribution in [0, 0.1) is 5.92 Å². The van der Waals surface area contributed by atoms with E-state index < -0.39 is 6.04 Å². The van der Waals surface area contributed by atoms with E-state index in [0.29, 0.717) is 5.92 Å². The zero-order chi connectivity index (χ0) is 10.4. The molecule has 1 unspecified atom stereocenters. The second-order valence-corrected chi connectivity index (χ2v) is 3.66. The van der Waals surface area contributed by atoms with Gasteiger partial charge in [0, 0.05) is 6.04 Å². The van der Waals surface area contributed by atoms with Crippen molar-refractivity contribution in [2.24, 2.45) is 11.7 Å².